The SMILES string of the molecule is CCCCCCn1c(CC)nc2cccc(C(=O)O)c21. The molecule has 0 saturated carbocycles. The van der Waals surface area contributed by atoms with Crippen LogP contribution in [0.15, 0.2) is 18.2 Å². The smallest absolute Gasteiger partial charge is 0.337 e. The molecule has 1 N–H and O–H groups in total. The molecule has 0 amide bonds. The Bertz CT molecular complexity index is 602. The number of aryl methyl sites for hydroxylation is 2. The van der Waals surface area contributed by atoms with Crippen molar-refractivity contribution in [1.82, 2.24) is 9.55 Å². The third-order valence-electron chi connectivity index (χ3n) is 3.63. The Balaban J connectivity index is 2.41. The number of hydrogen-bond donors (Lipinski definition) is 1. The van der Waals surface area contributed by atoms with Crippen LogP contribution in [0.1, 0.15) is 55.7 Å². The maximum atomic E-state index is 11.4. The second kappa shape index (κ2) is 6.55. The minimum Gasteiger partial charge on any atom is -0.478 e. The molecule has 0 atom stereocenters. The minimum absolute atomic E-state index is 0.352. The van der Waals surface area contributed by atoms with Crippen molar-refractivity contribution in [1.29, 1.82) is 0 Å². The minimum atomic E-state index is -0.882. The number of nitrogens with zero attached hydrogens (tertiary/aromatic N) is 2. The van der Waals surface area contributed by atoms with Gasteiger partial charge in [0.05, 0.1) is 16.6 Å². The van der Waals surface area contributed by atoms with Crippen LogP contribution < -0.4 is 0 Å². The topological polar surface area (TPSA) is 55.1 Å². The molecule has 20 heavy (non-hydrogen) atoms. The monoisotopic (exact) mass is 274 g/mol. The highest BCUT2D eigenvalue weighted by molar-refractivity contribution is 6.01. The van der Waals surface area contributed by atoms with E-state index in [1.807, 2.05) is 6.07 Å². The molecule has 0 aliphatic carbocycles. The summed E-state index contributed by atoms with van der Waals surface area (Å²) in [6.07, 6.45) is 5.49. The van der Waals surface area contributed by atoms with Gasteiger partial charge in [-0.05, 0) is 18.6 Å². The predicted octanol–water partition coefficient (Wildman–Crippen LogP) is 3.88. The van der Waals surface area contributed by atoms with Gasteiger partial charge < -0.3 is 9.67 Å². The highest BCUT2D eigenvalue weighted by atomic mass is 16.4. The number of rotatable bonds is 7. The van der Waals surface area contributed by atoms with Crippen molar-refractivity contribution < 1.29 is 9.90 Å². The number of aromatic nitrogens is 2. The zero-order chi connectivity index (χ0) is 14.5. The second-order valence-electron chi connectivity index (χ2n) is 5.07. The molecule has 0 aliphatic rings. The first kappa shape index (κ1) is 14.6. The standard InChI is InChI=1S/C16H22N2O2/c1-3-5-6-7-11-18-14(4-2)17-13-10-8-9-12(15(13)18)16(19)20/h8-10H,3-7,11H2,1-2H3,(H,19,20). The van der Waals surface area contributed by atoms with Gasteiger partial charge in [-0.25, -0.2) is 9.78 Å². The van der Waals surface area contributed by atoms with Crippen molar-refractivity contribution in [2.24, 2.45) is 0 Å². The second-order valence-corrected chi connectivity index (χ2v) is 5.07. The van der Waals surface area contributed by atoms with Crippen LogP contribution in [-0.4, -0.2) is 20.6 Å². The molecule has 0 aliphatic heterocycles. The van der Waals surface area contributed by atoms with E-state index in [1.54, 1.807) is 12.1 Å². The first-order chi connectivity index (χ1) is 9.69. The number of aromatic carboxylic acids is 1. The number of hydrogen-bond acceptors (Lipinski definition) is 2. The van der Waals surface area contributed by atoms with Crippen LogP contribution in [0, 0.1) is 0 Å². The van der Waals surface area contributed by atoms with Crippen molar-refractivity contribution >= 4 is 17.0 Å². The van der Waals surface area contributed by atoms with Crippen LogP contribution in [-0.2, 0) is 13.0 Å². The van der Waals surface area contributed by atoms with E-state index in [0.29, 0.717) is 5.56 Å². The molecule has 108 valence electrons. The molecule has 1 aromatic heterocycles. The van der Waals surface area contributed by atoms with E-state index in [2.05, 4.69) is 23.4 Å². The Kier molecular flexibility index (Phi) is 4.77. The van der Waals surface area contributed by atoms with Gasteiger partial charge in [-0.1, -0.05) is 39.2 Å². The molecular formula is C16H22N2O2. The fourth-order valence-corrected chi connectivity index (χ4v) is 2.61. The molecule has 0 spiro atoms. The summed E-state index contributed by atoms with van der Waals surface area (Å²) >= 11 is 0. The van der Waals surface area contributed by atoms with Crippen molar-refractivity contribution in [2.45, 2.75) is 52.5 Å². The molecule has 1 aromatic carbocycles. The van der Waals surface area contributed by atoms with Gasteiger partial charge >= 0.3 is 5.97 Å². The number of imidazole rings is 1. The van der Waals surface area contributed by atoms with Gasteiger partial charge in [-0.15, -0.1) is 0 Å². The maximum absolute atomic E-state index is 11.4. The summed E-state index contributed by atoms with van der Waals surface area (Å²) in [4.78, 5) is 16.0. The summed E-state index contributed by atoms with van der Waals surface area (Å²) < 4.78 is 2.09. The highest BCUT2D eigenvalue weighted by Gasteiger charge is 2.16. The molecule has 0 bridgehead atoms. The highest BCUT2D eigenvalue weighted by Crippen LogP contribution is 2.22. The van der Waals surface area contributed by atoms with Gasteiger partial charge in [0, 0.05) is 13.0 Å². The Morgan fingerprint density at radius 1 is 1.25 bits per heavy atom. The number of carbonyl (C=O) groups is 1. The van der Waals surface area contributed by atoms with E-state index in [1.165, 1.54) is 19.3 Å². The molecule has 0 radical (unpaired) electrons. The lowest BCUT2D eigenvalue weighted by molar-refractivity contribution is 0.0698. The Labute approximate surface area is 119 Å². The van der Waals surface area contributed by atoms with E-state index in [-0.39, 0.29) is 0 Å². The van der Waals surface area contributed by atoms with Crippen LogP contribution in [0.2, 0.25) is 0 Å². The van der Waals surface area contributed by atoms with E-state index >= 15 is 0 Å². The van der Waals surface area contributed by atoms with Crippen LogP contribution >= 0.6 is 0 Å². The fraction of sp³-hybridized carbons (Fsp3) is 0.500. The quantitative estimate of drug-likeness (QED) is 0.780. The number of carboxylic acids is 1. The molecular weight excluding hydrogens is 252 g/mol. The third kappa shape index (κ3) is 2.84. The Morgan fingerprint density at radius 3 is 2.70 bits per heavy atom. The number of para-hydroxylation sites is 1. The van der Waals surface area contributed by atoms with Gasteiger partial charge in [0.1, 0.15) is 5.82 Å². The normalized spacial score (nSPS) is 11.1. The largest absolute Gasteiger partial charge is 0.478 e. The average molecular weight is 274 g/mol. The Hall–Kier alpha value is -1.84. The predicted molar refractivity (Wildman–Crippen MR) is 80.2 cm³/mol. The zero-order valence-electron chi connectivity index (χ0n) is 12.2. The third-order valence-corrected chi connectivity index (χ3v) is 3.63. The van der Waals surface area contributed by atoms with Crippen molar-refractivity contribution in [3.63, 3.8) is 0 Å². The lowest BCUT2D eigenvalue weighted by Gasteiger charge is -2.09. The summed E-state index contributed by atoms with van der Waals surface area (Å²) in [6.45, 7) is 5.10. The maximum Gasteiger partial charge on any atom is 0.337 e. The van der Waals surface area contributed by atoms with E-state index in [9.17, 15) is 9.90 Å². The number of carboxylic acid groups (broad SMARTS) is 1. The van der Waals surface area contributed by atoms with Crippen molar-refractivity contribution in [3.05, 3.63) is 29.6 Å². The average Bonchev–Trinajstić information content (AvgIpc) is 2.81. The lowest BCUT2D eigenvalue weighted by Crippen LogP contribution is -2.07. The van der Waals surface area contributed by atoms with E-state index in [0.717, 1.165) is 36.2 Å². The van der Waals surface area contributed by atoms with Crippen LogP contribution in [0.3, 0.4) is 0 Å². The van der Waals surface area contributed by atoms with Gasteiger partial charge in [-0.2, -0.15) is 0 Å². The molecule has 0 unspecified atom stereocenters. The molecule has 0 fully saturated rings. The van der Waals surface area contributed by atoms with Crippen molar-refractivity contribution in [3.8, 4) is 0 Å². The number of benzene rings is 1. The van der Waals surface area contributed by atoms with E-state index < -0.39 is 5.97 Å². The molecule has 0 saturated heterocycles. The van der Waals surface area contributed by atoms with Gasteiger partial charge in [0.25, 0.3) is 0 Å². The summed E-state index contributed by atoms with van der Waals surface area (Å²) in [6, 6.07) is 5.32. The fourth-order valence-electron chi connectivity index (χ4n) is 2.61. The zero-order valence-corrected chi connectivity index (χ0v) is 12.2. The molecule has 2 rings (SSSR count). The summed E-state index contributed by atoms with van der Waals surface area (Å²) in [7, 11) is 0. The summed E-state index contributed by atoms with van der Waals surface area (Å²) in [5.41, 5.74) is 1.91. The first-order valence-electron chi connectivity index (χ1n) is 7.40. The van der Waals surface area contributed by atoms with Gasteiger partial charge in [0.2, 0.25) is 0 Å². The lowest BCUT2D eigenvalue weighted by atomic mass is 10.1. The van der Waals surface area contributed by atoms with E-state index in [4.69, 9.17) is 0 Å². The van der Waals surface area contributed by atoms with Crippen LogP contribution in [0.5, 0.6) is 0 Å². The molecule has 2 aromatic rings. The molecule has 1 heterocycles. The van der Waals surface area contributed by atoms with Crippen LogP contribution in [0.4, 0.5) is 0 Å². The van der Waals surface area contributed by atoms with Gasteiger partial charge in [-0.3, -0.25) is 0 Å². The number of fused-ring (bicyclic) bond motifs is 1. The van der Waals surface area contributed by atoms with Crippen molar-refractivity contribution in [2.75, 3.05) is 0 Å². The Morgan fingerprint density at radius 2 is 2.05 bits per heavy atom. The summed E-state index contributed by atoms with van der Waals surface area (Å²) in [5, 5.41) is 9.36. The number of unbranched alkanes of at least 4 members (excludes halogenated alkanes) is 3. The summed E-state index contributed by atoms with van der Waals surface area (Å²) in [5.74, 6) is 0.0955. The van der Waals surface area contributed by atoms with Gasteiger partial charge in [0.15, 0.2) is 0 Å². The first-order valence-corrected chi connectivity index (χ1v) is 7.40. The van der Waals surface area contributed by atoms with Crippen LogP contribution in [0.25, 0.3) is 11.0 Å². The molecule has 4 heteroatoms. The molecule has 4 nitrogen and oxygen atoms in total.